The SMILES string of the molecule is CC(=O)c1ccc(SCC(C)CO)o1. The number of rotatable bonds is 5. The van der Waals surface area contributed by atoms with Crippen molar-refractivity contribution in [2.45, 2.75) is 18.9 Å². The van der Waals surface area contributed by atoms with Crippen LogP contribution in [0.1, 0.15) is 24.4 Å². The average Bonchev–Trinajstić information content (AvgIpc) is 2.62. The lowest BCUT2D eigenvalue weighted by Crippen LogP contribution is -2.02. The summed E-state index contributed by atoms with van der Waals surface area (Å²) in [5.74, 6) is 1.36. The third-order valence-corrected chi connectivity index (χ3v) is 2.99. The molecule has 1 aromatic heterocycles. The number of hydrogen-bond donors (Lipinski definition) is 1. The molecular formula is C10H14O3S. The van der Waals surface area contributed by atoms with Crippen LogP contribution in [0.2, 0.25) is 0 Å². The third-order valence-electron chi connectivity index (χ3n) is 1.75. The maximum atomic E-state index is 10.9. The van der Waals surface area contributed by atoms with Crippen molar-refractivity contribution in [2.75, 3.05) is 12.4 Å². The van der Waals surface area contributed by atoms with Crippen LogP contribution in [0.3, 0.4) is 0 Å². The minimum atomic E-state index is -0.0629. The Morgan fingerprint density at radius 1 is 1.64 bits per heavy atom. The second-order valence-corrected chi connectivity index (χ2v) is 4.30. The fourth-order valence-corrected chi connectivity index (χ4v) is 1.73. The molecule has 0 aliphatic heterocycles. The first kappa shape index (κ1) is 11.3. The average molecular weight is 214 g/mol. The van der Waals surface area contributed by atoms with Crippen molar-refractivity contribution in [3.8, 4) is 0 Å². The maximum absolute atomic E-state index is 10.9. The number of hydrogen-bond acceptors (Lipinski definition) is 4. The van der Waals surface area contributed by atoms with Crippen LogP contribution in [0.15, 0.2) is 21.6 Å². The zero-order valence-electron chi connectivity index (χ0n) is 8.32. The molecule has 4 heteroatoms. The molecule has 3 nitrogen and oxygen atoms in total. The zero-order chi connectivity index (χ0) is 10.6. The number of aliphatic hydroxyl groups is 1. The largest absolute Gasteiger partial charge is 0.447 e. The van der Waals surface area contributed by atoms with Crippen molar-refractivity contribution in [2.24, 2.45) is 5.92 Å². The van der Waals surface area contributed by atoms with Crippen LogP contribution in [-0.4, -0.2) is 23.2 Å². The summed E-state index contributed by atoms with van der Waals surface area (Å²) in [6.07, 6.45) is 0. The molecule has 0 saturated heterocycles. The van der Waals surface area contributed by atoms with Gasteiger partial charge in [0.2, 0.25) is 0 Å². The van der Waals surface area contributed by atoms with Crippen molar-refractivity contribution < 1.29 is 14.3 Å². The van der Waals surface area contributed by atoms with Gasteiger partial charge >= 0.3 is 0 Å². The van der Waals surface area contributed by atoms with Gasteiger partial charge in [0.05, 0.1) is 0 Å². The van der Waals surface area contributed by atoms with Crippen LogP contribution < -0.4 is 0 Å². The van der Waals surface area contributed by atoms with Crippen molar-refractivity contribution in [3.05, 3.63) is 17.9 Å². The predicted octanol–water partition coefficient (Wildman–Crippen LogP) is 2.20. The second kappa shape index (κ2) is 5.22. The molecule has 0 aromatic carbocycles. The Hall–Kier alpha value is -0.740. The number of furan rings is 1. The van der Waals surface area contributed by atoms with E-state index in [1.165, 1.54) is 18.7 Å². The Bertz CT molecular complexity index is 306. The lowest BCUT2D eigenvalue weighted by Gasteiger charge is -2.04. The standard InChI is InChI=1S/C10H14O3S/c1-7(5-11)6-14-10-4-3-9(13-10)8(2)12/h3-4,7,11H,5-6H2,1-2H3. The van der Waals surface area contributed by atoms with E-state index in [-0.39, 0.29) is 18.3 Å². The molecule has 1 aromatic rings. The van der Waals surface area contributed by atoms with Gasteiger partial charge in [0.25, 0.3) is 0 Å². The van der Waals surface area contributed by atoms with Gasteiger partial charge in [0.15, 0.2) is 16.6 Å². The highest BCUT2D eigenvalue weighted by Crippen LogP contribution is 2.23. The molecule has 1 heterocycles. The molecule has 0 aliphatic rings. The highest BCUT2D eigenvalue weighted by molar-refractivity contribution is 7.99. The number of carbonyl (C=O) groups excluding carboxylic acids is 1. The quantitative estimate of drug-likeness (QED) is 0.603. The van der Waals surface area contributed by atoms with Crippen molar-refractivity contribution in [1.82, 2.24) is 0 Å². The van der Waals surface area contributed by atoms with Crippen LogP contribution in [0.5, 0.6) is 0 Å². The first-order valence-corrected chi connectivity index (χ1v) is 5.46. The highest BCUT2D eigenvalue weighted by atomic mass is 32.2. The number of aliphatic hydroxyl groups excluding tert-OH is 1. The Morgan fingerprint density at radius 3 is 2.86 bits per heavy atom. The van der Waals surface area contributed by atoms with E-state index in [2.05, 4.69) is 0 Å². The summed E-state index contributed by atoms with van der Waals surface area (Å²) in [4.78, 5) is 10.9. The lowest BCUT2D eigenvalue weighted by atomic mass is 10.2. The first-order valence-electron chi connectivity index (χ1n) is 4.48. The topological polar surface area (TPSA) is 50.4 Å². The van der Waals surface area contributed by atoms with Crippen LogP contribution in [-0.2, 0) is 0 Å². The Kier molecular flexibility index (Phi) is 4.22. The summed E-state index contributed by atoms with van der Waals surface area (Å²) in [6, 6.07) is 3.46. The molecule has 0 aliphatic carbocycles. The second-order valence-electron chi connectivity index (χ2n) is 3.27. The van der Waals surface area contributed by atoms with Crippen LogP contribution >= 0.6 is 11.8 Å². The minimum absolute atomic E-state index is 0.0629. The molecule has 1 unspecified atom stereocenters. The monoisotopic (exact) mass is 214 g/mol. The Labute approximate surface area is 87.5 Å². The number of carbonyl (C=O) groups is 1. The molecule has 0 amide bonds. The number of thioether (sulfide) groups is 1. The van der Waals surface area contributed by atoms with E-state index in [9.17, 15) is 4.79 Å². The highest BCUT2D eigenvalue weighted by Gasteiger charge is 2.08. The molecule has 0 saturated carbocycles. The predicted molar refractivity (Wildman–Crippen MR) is 55.7 cm³/mol. The van der Waals surface area contributed by atoms with Gasteiger partial charge in [0, 0.05) is 19.3 Å². The van der Waals surface area contributed by atoms with Gasteiger partial charge in [-0.25, -0.2) is 0 Å². The Morgan fingerprint density at radius 2 is 2.36 bits per heavy atom. The summed E-state index contributed by atoms with van der Waals surface area (Å²) >= 11 is 1.51. The van der Waals surface area contributed by atoms with E-state index in [1.54, 1.807) is 12.1 Å². The summed E-state index contributed by atoms with van der Waals surface area (Å²) in [5, 5.41) is 9.54. The normalized spacial score (nSPS) is 12.8. The third kappa shape index (κ3) is 3.20. The van der Waals surface area contributed by atoms with Gasteiger partial charge in [-0.15, -0.1) is 0 Å². The molecule has 0 fully saturated rings. The van der Waals surface area contributed by atoms with Crippen LogP contribution in [0.4, 0.5) is 0 Å². The van der Waals surface area contributed by atoms with Crippen LogP contribution in [0, 0.1) is 5.92 Å². The van der Waals surface area contributed by atoms with E-state index in [4.69, 9.17) is 9.52 Å². The van der Waals surface area contributed by atoms with Gasteiger partial charge in [-0.3, -0.25) is 4.79 Å². The fourth-order valence-electron chi connectivity index (χ4n) is 0.864. The Balaban J connectivity index is 2.48. The van der Waals surface area contributed by atoms with Gasteiger partial charge in [-0.2, -0.15) is 0 Å². The van der Waals surface area contributed by atoms with E-state index >= 15 is 0 Å². The molecule has 0 radical (unpaired) electrons. The van der Waals surface area contributed by atoms with Crippen molar-refractivity contribution in [1.29, 1.82) is 0 Å². The molecule has 14 heavy (non-hydrogen) atoms. The molecule has 0 bridgehead atoms. The molecule has 0 spiro atoms. The molecule has 1 rings (SSSR count). The van der Waals surface area contributed by atoms with Crippen molar-refractivity contribution >= 4 is 17.5 Å². The summed E-state index contributed by atoms with van der Waals surface area (Å²) < 4.78 is 5.27. The molecule has 1 atom stereocenters. The minimum Gasteiger partial charge on any atom is -0.447 e. The van der Waals surface area contributed by atoms with E-state index in [0.717, 1.165) is 10.8 Å². The van der Waals surface area contributed by atoms with E-state index in [0.29, 0.717) is 5.76 Å². The molecule has 1 N–H and O–H groups in total. The summed E-state index contributed by atoms with van der Waals surface area (Å²) in [6.45, 7) is 3.61. The first-order chi connectivity index (χ1) is 6.63. The van der Waals surface area contributed by atoms with Gasteiger partial charge in [-0.05, 0) is 18.1 Å². The van der Waals surface area contributed by atoms with Gasteiger partial charge in [-0.1, -0.05) is 18.7 Å². The van der Waals surface area contributed by atoms with Crippen LogP contribution in [0.25, 0.3) is 0 Å². The van der Waals surface area contributed by atoms with Gasteiger partial charge < -0.3 is 9.52 Å². The molecular weight excluding hydrogens is 200 g/mol. The van der Waals surface area contributed by atoms with Gasteiger partial charge in [0.1, 0.15) is 0 Å². The zero-order valence-corrected chi connectivity index (χ0v) is 9.13. The number of ketones is 1. The van der Waals surface area contributed by atoms with Crippen molar-refractivity contribution in [3.63, 3.8) is 0 Å². The summed E-state index contributed by atoms with van der Waals surface area (Å²) in [7, 11) is 0. The summed E-state index contributed by atoms with van der Waals surface area (Å²) in [5.41, 5.74) is 0. The maximum Gasteiger partial charge on any atom is 0.194 e. The van der Waals surface area contributed by atoms with E-state index in [1.807, 2.05) is 6.92 Å². The number of Topliss-reactive ketones (excluding diaryl/α,β-unsaturated/α-hetero) is 1. The smallest absolute Gasteiger partial charge is 0.194 e. The van der Waals surface area contributed by atoms with E-state index < -0.39 is 0 Å². The lowest BCUT2D eigenvalue weighted by molar-refractivity contribution is 0.0982. The molecule has 78 valence electrons. The fraction of sp³-hybridized carbons (Fsp3) is 0.500.